The van der Waals surface area contributed by atoms with Crippen molar-refractivity contribution < 1.29 is 23.8 Å². The number of ether oxygens (including phenoxy) is 3. The summed E-state index contributed by atoms with van der Waals surface area (Å²) >= 11 is 0. The fraction of sp³-hybridized carbons (Fsp3) is 0.167. The minimum absolute atomic E-state index is 0.0646. The number of para-hydroxylation sites is 1. The van der Waals surface area contributed by atoms with Gasteiger partial charge in [-0.3, -0.25) is 4.79 Å². The first-order chi connectivity index (χ1) is 14.1. The highest BCUT2D eigenvalue weighted by atomic mass is 16.6. The van der Waals surface area contributed by atoms with E-state index in [0.717, 1.165) is 11.3 Å². The molecule has 0 bridgehead atoms. The quantitative estimate of drug-likeness (QED) is 0.311. The van der Waals surface area contributed by atoms with Crippen LogP contribution in [0.1, 0.15) is 21.5 Å². The Labute approximate surface area is 169 Å². The van der Waals surface area contributed by atoms with Gasteiger partial charge in [0.2, 0.25) is 0 Å². The standard InChI is InChI=1S/C24H22O5/c1-18-7-5-6-10-22(18)27-15-16-28-23(25)17-29-21-13-11-20(12-14-21)24(26)19-8-3-2-4-9-19/h2-14H,15-17H2,1H3. The van der Waals surface area contributed by atoms with Gasteiger partial charge in [0.05, 0.1) is 0 Å². The molecule has 148 valence electrons. The highest BCUT2D eigenvalue weighted by molar-refractivity contribution is 6.08. The summed E-state index contributed by atoms with van der Waals surface area (Å²) in [5.41, 5.74) is 2.20. The van der Waals surface area contributed by atoms with Gasteiger partial charge >= 0.3 is 5.97 Å². The van der Waals surface area contributed by atoms with E-state index in [1.807, 2.05) is 49.4 Å². The van der Waals surface area contributed by atoms with Gasteiger partial charge < -0.3 is 14.2 Å². The van der Waals surface area contributed by atoms with Crippen molar-refractivity contribution >= 4 is 11.8 Å². The molecule has 0 aliphatic heterocycles. The lowest BCUT2D eigenvalue weighted by molar-refractivity contribution is -0.146. The lowest BCUT2D eigenvalue weighted by atomic mass is 10.0. The SMILES string of the molecule is Cc1ccccc1OCCOC(=O)COc1ccc(C(=O)c2ccccc2)cc1. The molecule has 0 aliphatic carbocycles. The van der Waals surface area contributed by atoms with Gasteiger partial charge in [0.1, 0.15) is 24.7 Å². The summed E-state index contributed by atoms with van der Waals surface area (Å²) in [6.07, 6.45) is 0. The van der Waals surface area contributed by atoms with Gasteiger partial charge in [-0.2, -0.15) is 0 Å². The van der Waals surface area contributed by atoms with E-state index in [1.54, 1.807) is 36.4 Å². The number of ketones is 1. The smallest absolute Gasteiger partial charge is 0.344 e. The third-order valence-electron chi connectivity index (χ3n) is 4.21. The monoisotopic (exact) mass is 390 g/mol. The maximum absolute atomic E-state index is 12.4. The molecule has 0 atom stereocenters. The molecule has 0 aromatic heterocycles. The largest absolute Gasteiger partial charge is 0.490 e. The topological polar surface area (TPSA) is 61.8 Å². The molecule has 3 rings (SSSR count). The normalized spacial score (nSPS) is 10.2. The summed E-state index contributed by atoms with van der Waals surface area (Å²) < 4.78 is 16.1. The van der Waals surface area contributed by atoms with Gasteiger partial charge in [-0.05, 0) is 42.8 Å². The molecule has 3 aromatic rings. The first kappa shape index (κ1) is 20.1. The first-order valence-electron chi connectivity index (χ1n) is 9.30. The second-order valence-corrected chi connectivity index (χ2v) is 6.34. The van der Waals surface area contributed by atoms with E-state index in [0.29, 0.717) is 16.9 Å². The van der Waals surface area contributed by atoms with Crippen LogP contribution in [0.2, 0.25) is 0 Å². The number of carbonyl (C=O) groups excluding carboxylic acids is 2. The molecule has 0 saturated heterocycles. The van der Waals surface area contributed by atoms with Crippen LogP contribution in [-0.4, -0.2) is 31.6 Å². The van der Waals surface area contributed by atoms with Crippen molar-refractivity contribution in [3.63, 3.8) is 0 Å². The van der Waals surface area contributed by atoms with Crippen LogP contribution in [0.3, 0.4) is 0 Å². The van der Waals surface area contributed by atoms with Gasteiger partial charge in [0.25, 0.3) is 0 Å². The van der Waals surface area contributed by atoms with Gasteiger partial charge in [0, 0.05) is 11.1 Å². The Hall–Kier alpha value is -3.60. The van der Waals surface area contributed by atoms with E-state index in [9.17, 15) is 9.59 Å². The summed E-state index contributed by atoms with van der Waals surface area (Å²) in [4.78, 5) is 24.2. The fourth-order valence-electron chi connectivity index (χ4n) is 2.67. The number of esters is 1. The first-order valence-corrected chi connectivity index (χ1v) is 9.30. The molecule has 0 N–H and O–H groups in total. The van der Waals surface area contributed by atoms with Crippen LogP contribution in [-0.2, 0) is 9.53 Å². The van der Waals surface area contributed by atoms with Crippen molar-refractivity contribution in [1.29, 1.82) is 0 Å². The van der Waals surface area contributed by atoms with Crippen molar-refractivity contribution in [3.8, 4) is 11.5 Å². The molecular formula is C24H22O5. The molecule has 0 spiro atoms. The van der Waals surface area contributed by atoms with Crippen LogP contribution >= 0.6 is 0 Å². The van der Waals surface area contributed by atoms with E-state index < -0.39 is 5.97 Å². The second kappa shape index (κ2) is 10.1. The van der Waals surface area contributed by atoms with E-state index in [-0.39, 0.29) is 25.6 Å². The summed E-state index contributed by atoms with van der Waals surface area (Å²) in [5.74, 6) is 0.709. The molecule has 0 aliphatic rings. The summed E-state index contributed by atoms with van der Waals surface area (Å²) in [6.45, 7) is 2.15. The highest BCUT2D eigenvalue weighted by Crippen LogP contribution is 2.16. The zero-order chi connectivity index (χ0) is 20.5. The fourth-order valence-corrected chi connectivity index (χ4v) is 2.67. The molecule has 0 unspecified atom stereocenters. The van der Waals surface area contributed by atoms with Crippen molar-refractivity contribution in [1.82, 2.24) is 0 Å². The maximum atomic E-state index is 12.4. The van der Waals surface area contributed by atoms with Gasteiger partial charge in [-0.25, -0.2) is 4.79 Å². The minimum Gasteiger partial charge on any atom is -0.490 e. The predicted molar refractivity (Wildman–Crippen MR) is 109 cm³/mol. The van der Waals surface area contributed by atoms with E-state index in [1.165, 1.54) is 0 Å². The third kappa shape index (κ3) is 5.94. The van der Waals surface area contributed by atoms with Crippen LogP contribution in [0.5, 0.6) is 11.5 Å². The van der Waals surface area contributed by atoms with Crippen molar-refractivity contribution in [3.05, 3.63) is 95.6 Å². The number of hydrogen-bond donors (Lipinski definition) is 0. The molecule has 3 aromatic carbocycles. The predicted octanol–water partition coefficient (Wildman–Crippen LogP) is 4.23. The lowest BCUT2D eigenvalue weighted by Crippen LogP contribution is -2.18. The molecular weight excluding hydrogens is 368 g/mol. The van der Waals surface area contributed by atoms with Gasteiger partial charge in [0.15, 0.2) is 12.4 Å². The third-order valence-corrected chi connectivity index (χ3v) is 4.21. The van der Waals surface area contributed by atoms with Crippen LogP contribution in [0.25, 0.3) is 0 Å². The number of carbonyl (C=O) groups is 2. The number of hydrogen-bond acceptors (Lipinski definition) is 5. The summed E-state index contributed by atoms with van der Waals surface area (Å²) in [6, 6.07) is 23.3. The van der Waals surface area contributed by atoms with Crippen LogP contribution in [0.4, 0.5) is 0 Å². The van der Waals surface area contributed by atoms with Crippen LogP contribution in [0.15, 0.2) is 78.9 Å². The Morgan fingerprint density at radius 3 is 2.10 bits per heavy atom. The van der Waals surface area contributed by atoms with Gasteiger partial charge in [-0.1, -0.05) is 48.5 Å². The summed E-state index contributed by atoms with van der Waals surface area (Å²) in [5, 5.41) is 0. The Bertz CT molecular complexity index is 949. The zero-order valence-electron chi connectivity index (χ0n) is 16.2. The maximum Gasteiger partial charge on any atom is 0.344 e. The van der Waals surface area contributed by atoms with Crippen LogP contribution in [0, 0.1) is 6.92 Å². The van der Waals surface area contributed by atoms with E-state index >= 15 is 0 Å². The molecule has 5 heteroatoms. The summed E-state index contributed by atoms with van der Waals surface area (Å²) in [7, 11) is 0. The minimum atomic E-state index is -0.483. The van der Waals surface area contributed by atoms with Crippen molar-refractivity contribution in [2.45, 2.75) is 6.92 Å². The number of aryl methyl sites for hydroxylation is 1. The Kier molecular flexibility index (Phi) is 7.00. The molecule has 0 saturated carbocycles. The zero-order valence-corrected chi connectivity index (χ0v) is 16.2. The van der Waals surface area contributed by atoms with Gasteiger partial charge in [-0.15, -0.1) is 0 Å². The number of benzene rings is 3. The molecule has 0 heterocycles. The molecule has 0 fully saturated rings. The second-order valence-electron chi connectivity index (χ2n) is 6.34. The Morgan fingerprint density at radius 2 is 1.38 bits per heavy atom. The van der Waals surface area contributed by atoms with E-state index in [2.05, 4.69) is 0 Å². The Balaban J connectivity index is 1.40. The Morgan fingerprint density at radius 1 is 0.724 bits per heavy atom. The molecule has 0 radical (unpaired) electrons. The lowest BCUT2D eigenvalue weighted by Gasteiger charge is -2.10. The van der Waals surface area contributed by atoms with Crippen molar-refractivity contribution in [2.24, 2.45) is 0 Å². The van der Waals surface area contributed by atoms with E-state index in [4.69, 9.17) is 14.2 Å². The average Bonchev–Trinajstić information content (AvgIpc) is 2.77. The van der Waals surface area contributed by atoms with Crippen molar-refractivity contribution in [2.75, 3.05) is 19.8 Å². The highest BCUT2D eigenvalue weighted by Gasteiger charge is 2.09. The number of rotatable bonds is 9. The molecule has 0 amide bonds. The van der Waals surface area contributed by atoms with Crippen LogP contribution < -0.4 is 9.47 Å². The molecule has 29 heavy (non-hydrogen) atoms. The average molecular weight is 390 g/mol. The molecule has 5 nitrogen and oxygen atoms in total.